The molecule has 2 aromatic rings. The summed E-state index contributed by atoms with van der Waals surface area (Å²) >= 11 is 0. The summed E-state index contributed by atoms with van der Waals surface area (Å²) in [5, 5.41) is 5.35. The highest BCUT2D eigenvalue weighted by molar-refractivity contribution is 5.94. The first-order valence-electron chi connectivity index (χ1n) is 6.73. The number of hydrogen-bond donors (Lipinski definition) is 2. The van der Waals surface area contributed by atoms with Crippen LogP contribution < -0.4 is 15.4 Å². The van der Waals surface area contributed by atoms with Gasteiger partial charge >= 0.3 is 0 Å². The Balaban J connectivity index is 1.94. The zero-order valence-corrected chi connectivity index (χ0v) is 12.4. The van der Waals surface area contributed by atoms with Gasteiger partial charge in [-0.25, -0.2) is 4.98 Å². The minimum Gasteiger partial charge on any atom is -0.481 e. The summed E-state index contributed by atoms with van der Waals surface area (Å²) in [7, 11) is 3.10. The van der Waals surface area contributed by atoms with Crippen LogP contribution in [0.5, 0.6) is 5.88 Å². The number of methoxy groups -OCH3 is 1. The van der Waals surface area contributed by atoms with Crippen LogP contribution in [0.3, 0.4) is 0 Å². The second kappa shape index (κ2) is 7.21. The molecule has 2 N–H and O–H groups in total. The third kappa shape index (κ3) is 3.82. The molecular formula is C16H17N3O3. The summed E-state index contributed by atoms with van der Waals surface area (Å²) in [4.78, 5) is 27.4. The number of nitrogens with one attached hydrogen (secondary N) is 2. The van der Waals surface area contributed by atoms with Crippen molar-refractivity contribution in [1.29, 1.82) is 0 Å². The Morgan fingerprint density at radius 3 is 2.27 bits per heavy atom. The largest absolute Gasteiger partial charge is 0.481 e. The molecule has 0 radical (unpaired) electrons. The van der Waals surface area contributed by atoms with E-state index in [0.29, 0.717) is 23.6 Å². The number of ether oxygens (including phenoxy) is 1. The van der Waals surface area contributed by atoms with Crippen LogP contribution >= 0.6 is 0 Å². The van der Waals surface area contributed by atoms with Crippen LogP contribution in [-0.2, 0) is 6.54 Å². The highest BCUT2D eigenvalue weighted by atomic mass is 16.5. The lowest BCUT2D eigenvalue weighted by molar-refractivity contribution is 0.0945. The third-order valence-corrected chi connectivity index (χ3v) is 3.10. The molecule has 0 unspecified atom stereocenters. The van der Waals surface area contributed by atoms with Crippen molar-refractivity contribution >= 4 is 11.8 Å². The zero-order chi connectivity index (χ0) is 15.9. The Morgan fingerprint density at radius 2 is 1.73 bits per heavy atom. The first-order valence-corrected chi connectivity index (χ1v) is 6.73. The van der Waals surface area contributed by atoms with Gasteiger partial charge in [-0.3, -0.25) is 9.59 Å². The van der Waals surface area contributed by atoms with Crippen LogP contribution in [0.2, 0.25) is 0 Å². The van der Waals surface area contributed by atoms with Crippen LogP contribution in [0.1, 0.15) is 26.3 Å². The van der Waals surface area contributed by atoms with E-state index in [0.717, 1.165) is 5.56 Å². The second-order valence-electron chi connectivity index (χ2n) is 4.55. The van der Waals surface area contributed by atoms with Gasteiger partial charge < -0.3 is 15.4 Å². The number of aromatic nitrogens is 1. The Hall–Kier alpha value is -2.89. The van der Waals surface area contributed by atoms with Gasteiger partial charge in [-0.1, -0.05) is 12.1 Å². The van der Waals surface area contributed by atoms with Crippen LogP contribution in [0.15, 0.2) is 42.6 Å². The quantitative estimate of drug-likeness (QED) is 0.874. The fourth-order valence-corrected chi connectivity index (χ4v) is 1.84. The lowest BCUT2D eigenvalue weighted by Gasteiger charge is -2.07. The Bertz CT molecular complexity index is 651. The van der Waals surface area contributed by atoms with E-state index in [9.17, 15) is 9.59 Å². The van der Waals surface area contributed by atoms with Crippen molar-refractivity contribution in [1.82, 2.24) is 15.6 Å². The SMILES string of the molecule is CNC(=O)c1ccc(CNC(=O)c2ccc(OC)nc2)cc1. The van der Waals surface area contributed by atoms with Crippen LogP contribution in [0.25, 0.3) is 0 Å². The minimum absolute atomic E-state index is 0.139. The summed E-state index contributed by atoms with van der Waals surface area (Å²) in [6.45, 7) is 0.374. The topological polar surface area (TPSA) is 80.3 Å². The molecule has 0 saturated heterocycles. The molecule has 0 aliphatic heterocycles. The molecule has 0 fully saturated rings. The van der Waals surface area contributed by atoms with Gasteiger partial charge in [0.05, 0.1) is 12.7 Å². The van der Waals surface area contributed by atoms with E-state index in [2.05, 4.69) is 15.6 Å². The molecule has 0 spiro atoms. The number of rotatable bonds is 5. The number of carbonyl (C=O) groups excluding carboxylic acids is 2. The Morgan fingerprint density at radius 1 is 1.05 bits per heavy atom. The third-order valence-electron chi connectivity index (χ3n) is 3.10. The monoisotopic (exact) mass is 299 g/mol. The molecule has 0 bridgehead atoms. The molecule has 6 heteroatoms. The van der Waals surface area contributed by atoms with Crippen molar-refractivity contribution in [3.05, 3.63) is 59.3 Å². The van der Waals surface area contributed by atoms with E-state index >= 15 is 0 Å². The number of amides is 2. The van der Waals surface area contributed by atoms with Gasteiger partial charge in [0.2, 0.25) is 5.88 Å². The van der Waals surface area contributed by atoms with E-state index in [-0.39, 0.29) is 11.8 Å². The van der Waals surface area contributed by atoms with Gasteiger partial charge in [0.15, 0.2) is 0 Å². The normalized spacial score (nSPS) is 9.91. The standard InChI is InChI=1S/C16H17N3O3/c1-17-15(20)12-5-3-11(4-6-12)9-19-16(21)13-7-8-14(22-2)18-10-13/h3-8,10H,9H2,1-2H3,(H,17,20)(H,19,21). The maximum atomic E-state index is 12.0. The summed E-state index contributed by atoms with van der Waals surface area (Å²) in [5.41, 5.74) is 1.95. The molecule has 1 aromatic carbocycles. The number of pyridine rings is 1. The summed E-state index contributed by atoms with van der Waals surface area (Å²) in [6.07, 6.45) is 1.46. The zero-order valence-electron chi connectivity index (χ0n) is 12.4. The van der Waals surface area contributed by atoms with Crippen LogP contribution in [-0.4, -0.2) is 31.0 Å². The summed E-state index contributed by atoms with van der Waals surface area (Å²) in [6, 6.07) is 10.3. The first-order chi connectivity index (χ1) is 10.6. The molecule has 114 valence electrons. The van der Waals surface area contributed by atoms with E-state index in [1.54, 1.807) is 43.4 Å². The molecule has 1 aromatic heterocycles. The van der Waals surface area contributed by atoms with Crippen molar-refractivity contribution in [3.8, 4) is 5.88 Å². The predicted octanol–water partition coefficient (Wildman–Crippen LogP) is 1.38. The number of hydrogen-bond acceptors (Lipinski definition) is 4. The molecule has 0 aliphatic rings. The van der Waals surface area contributed by atoms with Crippen LogP contribution in [0.4, 0.5) is 0 Å². The molecule has 2 rings (SSSR count). The van der Waals surface area contributed by atoms with Crippen molar-refractivity contribution in [2.45, 2.75) is 6.54 Å². The smallest absolute Gasteiger partial charge is 0.253 e. The molecule has 1 heterocycles. The molecule has 6 nitrogen and oxygen atoms in total. The van der Waals surface area contributed by atoms with E-state index in [4.69, 9.17) is 4.74 Å². The van der Waals surface area contributed by atoms with Crippen molar-refractivity contribution in [2.75, 3.05) is 14.2 Å². The van der Waals surface area contributed by atoms with Crippen molar-refractivity contribution in [2.24, 2.45) is 0 Å². The average Bonchev–Trinajstić information content (AvgIpc) is 2.59. The summed E-state index contributed by atoms with van der Waals surface area (Å²) in [5.74, 6) is 0.103. The van der Waals surface area contributed by atoms with Gasteiger partial charge in [0.1, 0.15) is 0 Å². The molecule has 22 heavy (non-hydrogen) atoms. The van der Waals surface area contributed by atoms with Crippen molar-refractivity contribution < 1.29 is 14.3 Å². The van der Waals surface area contributed by atoms with Gasteiger partial charge in [0.25, 0.3) is 11.8 Å². The molecule has 0 aliphatic carbocycles. The average molecular weight is 299 g/mol. The lowest BCUT2D eigenvalue weighted by atomic mass is 10.1. The second-order valence-corrected chi connectivity index (χ2v) is 4.55. The van der Waals surface area contributed by atoms with Gasteiger partial charge in [-0.15, -0.1) is 0 Å². The van der Waals surface area contributed by atoms with E-state index < -0.39 is 0 Å². The highest BCUT2D eigenvalue weighted by Crippen LogP contribution is 2.08. The van der Waals surface area contributed by atoms with Gasteiger partial charge in [-0.2, -0.15) is 0 Å². The number of benzene rings is 1. The van der Waals surface area contributed by atoms with E-state index in [1.165, 1.54) is 13.3 Å². The lowest BCUT2D eigenvalue weighted by Crippen LogP contribution is -2.23. The molecule has 2 amide bonds. The van der Waals surface area contributed by atoms with Crippen LogP contribution in [0, 0.1) is 0 Å². The maximum absolute atomic E-state index is 12.0. The van der Waals surface area contributed by atoms with Crippen molar-refractivity contribution in [3.63, 3.8) is 0 Å². The number of nitrogens with zero attached hydrogens (tertiary/aromatic N) is 1. The Kier molecular flexibility index (Phi) is 5.08. The van der Waals surface area contributed by atoms with E-state index in [1.807, 2.05) is 0 Å². The van der Waals surface area contributed by atoms with Gasteiger partial charge in [0, 0.05) is 31.4 Å². The van der Waals surface area contributed by atoms with Gasteiger partial charge in [-0.05, 0) is 23.8 Å². The molecule has 0 atom stereocenters. The molecule has 0 saturated carbocycles. The predicted molar refractivity (Wildman–Crippen MR) is 81.8 cm³/mol. The summed E-state index contributed by atoms with van der Waals surface area (Å²) < 4.78 is 4.94. The Labute approximate surface area is 128 Å². The minimum atomic E-state index is -0.217. The number of carbonyl (C=O) groups is 2. The maximum Gasteiger partial charge on any atom is 0.253 e. The highest BCUT2D eigenvalue weighted by Gasteiger charge is 2.07. The molecular weight excluding hydrogens is 282 g/mol. The first kappa shape index (κ1) is 15.5. The fourth-order valence-electron chi connectivity index (χ4n) is 1.84. The fraction of sp³-hybridized carbons (Fsp3) is 0.188.